The average molecular weight is 212 g/mol. The Hall–Kier alpha value is -0.790. The number of carboxylic acid groups (broad SMARTS) is 1. The Morgan fingerprint density at radius 2 is 2.00 bits per heavy atom. The van der Waals surface area contributed by atoms with Gasteiger partial charge in [-0.3, -0.25) is 4.79 Å². The quantitative estimate of drug-likeness (QED) is 0.490. The molecule has 0 aliphatic rings. The van der Waals surface area contributed by atoms with Gasteiger partial charge in [0, 0.05) is 0 Å². The average Bonchev–Trinajstić information content (AvgIpc) is 2.17. The second kappa shape index (κ2) is 8.51. The van der Waals surface area contributed by atoms with Gasteiger partial charge in [0.15, 0.2) is 0 Å². The molecule has 0 aromatic heterocycles. The molecule has 0 saturated carbocycles. The van der Waals surface area contributed by atoms with Crippen LogP contribution in [0.1, 0.15) is 52.9 Å². The van der Waals surface area contributed by atoms with E-state index in [1.165, 1.54) is 19.3 Å². The van der Waals surface area contributed by atoms with E-state index in [0.29, 0.717) is 5.92 Å². The van der Waals surface area contributed by atoms with Crippen molar-refractivity contribution in [3.05, 3.63) is 12.2 Å². The fourth-order valence-corrected chi connectivity index (χ4v) is 1.58. The summed E-state index contributed by atoms with van der Waals surface area (Å²) < 4.78 is 0. The molecule has 0 aliphatic heterocycles. The van der Waals surface area contributed by atoms with Gasteiger partial charge >= 0.3 is 5.97 Å². The van der Waals surface area contributed by atoms with Crippen LogP contribution in [0.25, 0.3) is 0 Å². The van der Waals surface area contributed by atoms with Gasteiger partial charge in [0.25, 0.3) is 0 Å². The van der Waals surface area contributed by atoms with Gasteiger partial charge in [-0.2, -0.15) is 0 Å². The number of hydrogen-bond donors (Lipinski definition) is 1. The highest BCUT2D eigenvalue weighted by Crippen LogP contribution is 2.13. The van der Waals surface area contributed by atoms with Crippen LogP contribution in [-0.4, -0.2) is 11.1 Å². The van der Waals surface area contributed by atoms with Crippen LogP contribution < -0.4 is 0 Å². The Morgan fingerprint density at radius 1 is 1.33 bits per heavy atom. The van der Waals surface area contributed by atoms with Crippen LogP contribution in [0.15, 0.2) is 12.2 Å². The molecule has 0 spiro atoms. The number of unbranched alkanes of at least 4 members (excludes halogenated alkanes) is 3. The van der Waals surface area contributed by atoms with E-state index in [1.807, 2.05) is 0 Å². The smallest absolute Gasteiger partial charge is 0.306 e. The molecule has 15 heavy (non-hydrogen) atoms. The van der Waals surface area contributed by atoms with Crippen molar-refractivity contribution in [1.29, 1.82) is 0 Å². The largest absolute Gasteiger partial charge is 0.481 e. The zero-order valence-corrected chi connectivity index (χ0v) is 10.2. The first-order chi connectivity index (χ1) is 7.07. The van der Waals surface area contributed by atoms with Gasteiger partial charge < -0.3 is 5.11 Å². The first kappa shape index (κ1) is 14.2. The molecule has 0 amide bonds. The molecule has 0 aliphatic carbocycles. The fourth-order valence-electron chi connectivity index (χ4n) is 1.58. The predicted molar refractivity (Wildman–Crippen MR) is 63.9 cm³/mol. The summed E-state index contributed by atoms with van der Waals surface area (Å²) in [6.07, 6.45) is 9.97. The summed E-state index contributed by atoms with van der Waals surface area (Å²) in [5.74, 6) is -0.556. The molecule has 0 radical (unpaired) electrons. The van der Waals surface area contributed by atoms with E-state index >= 15 is 0 Å². The lowest BCUT2D eigenvalue weighted by molar-refractivity contribution is -0.141. The van der Waals surface area contributed by atoms with E-state index in [0.717, 1.165) is 12.8 Å². The molecule has 2 atom stereocenters. The van der Waals surface area contributed by atoms with Gasteiger partial charge in [0.1, 0.15) is 0 Å². The van der Waals surface area contributed by atoms with E-state index in [9.17, 15) is 4.79 Å². The molecule has 0 bridgehead atoms. The van der Waals surface area contributed by atoms with E-state index < -0.39 is 5.97 Å². The van der Waals surface area contributed by atoms with Crippen LogP contribution in [-0.2, 0) is 4.79 Å². The lowest BCUT2D eigenvalue weighted by atomic mass is 9.97. The third-order valence-corrected chi connectivity index (χ3v) is 2.59. The maximum absolute atomic E-state index is 10.6. The highest BCUT2D eigenvalue weighted by atomic mass is 16.4. The Kier molecular flexibility index (Phi) is 8.06. The van der Waals surface area contributed by atoms with E-state index in [2.05, 4.69) is 26.0 Å². The maximum atomic E-state index is 10.6. The molecule has 2 nitrogen and oxygen atoms in total. The third kappa shape index (κ3) is 8.22. The minimum Gasteiger partial charge on any atom is -0.481 e. The fraction of sp³-hybridized carbons (Fsp3) is 0.769. The second-order valence-electron chi connectivity index (χ2n) is 4.38. The van der Waals surface area contributed by atoms with Gasteiger partial charge in [-0.05, 0) is 25.2 Å². The maximum Gasteiger partial charge on any atom is 0.306 e. The summed E-state index contributed by atoms with van der Waals surface area (Å²) in [6.45, 7) is 6.04. The lowest BCUT2D eigenvalue weighted by Gasteiger charge is -2.09. The summed E-state index contributed by atoms with van der Waals surface area (Å²) in [6, 6.07) is 0. The first-order valence-electron chi connectivity index (χ1n) is 5.97. The van der Waals surface area contributed by atoms with Crippen molar-refractivity contribution in [2.75, 3.05) is 0 Å². The molecule has 0 aromatic rings. The number of carbonyl (C=O) groups is 1. The molecule has 88 valence electrons. The Morgan fingerprint density at radius 3 is 2.53 bits per heavy atom. The minimum atomic E-state index is -0.693. The molecule has 0 fully saturated rings. The zero-order chi connectivity index (χ0) is 11.7. The minimum absolute atomic E-state index is 0.236. The summed E-state index contributed by atoms with van der Waals surface area (Å²) in [4.78, 5) is 10.6. The number of aliphatic carboxylic acids is 1. The topological polar surface area (TPSA) is 37.3 Å². The van der Waals surface area contributed by atoms with Crippen LogP contribution in [0.3, 0.4) is 0 Å². The molecular weight excluding hydrogens is 188 g/mol. The van der Waals surface area contributed by atoms with Crippen molar-refractivity contribution in [2.45, 2.75) is 52.9 Å². The molecule has 0 saturated heterocycles. The van der Waals surface area contributed by atoms with Gasteiger partial charge in [-0.15, -0.1) is 0 Å². The van der Waals surface area contributed by atoms with Crippen molar-refractivity contribution in [3.8, 4) is 0 Å². The standard InChI is InChI=1S/C13H24O2/c1-4-5-6-7-8-9-11(2)10-12(3)13(14)15/h8-9,11-12H,4-7,10H2,1-3H3,(H,14,15)/b9-8-. The van der Waals surface area contributed by atoms with Gasteiger partial charge in [-0.25, -0.2) is 0 Å². The van der Waals surface area contributed by atoms with Crippen molar-refractivity contribution in [1.82, 2.24) is 0 Å². The monoisotopic (exact) mass is 212 g/mol. The number of hydrogen-bond acceptors (Lipinski definition) is 1. The normalized spacial score (nSPS) is 15.4. The summed E-state index contributed by atoms with van der Waals surface area (Å²) in [5, 5.41) is 8.75. The zero-order valence-electron chi connectivity index (χ0n) is 10.2. The molecule has 2 heteroatoms. The number of rotatable bonds is 8. The first-order valence-corrected chi connectivity index (χ1v) is 5.97. The van der Waals surface area contributed by atoms with Crippen LogP contribution in [0.2, 0.25) is 0 Å². The summed E-state index contributed by atoms with van der Waals surface area (Å²) >= 11 is 0. The Bertz CT molecular complexity index is 197. The summed E-state index contributed by atoms with van der Waals surface area (Å²) in [5.41, 5.74) is 0. The third-order valence-electron chi connectivity index (χ3n) is 2.59. The molecular formula is C13H24O2. The second-order valence-corrected chi connectivity index (χ2v) is 4.38. The predicted octanol–water partition coefficient (Wildman–Crippen LogP) is 3.87. The van der Waals surface area contributed by atoms with Crippen LogP contribution >= 0.6 is 0 Å². The Labute approximate surface area is 93.4 Å². The van der Waals surface area contributed by atoms with Gasteiger partial charge in [0.05, 0.1) is 5.92 Å². The Balaban J connectivity index is 3.63. The highest BCUT2D eigenvalue weighted by Gasteiger charge is 2.12. The molecule has 0 aromatic carbocycles. The van der Waals surface area contributed by atoms with Crippen LogP contribution in [0.4, 0.5) is 0 Å². The van der Waals surface area contributed by atoms with Crippen molar-refractivity contribution in [2.24, 2.45) is 11.8 Å². The molecule has 1 N–H and O–H groups in total. The van der Waals surface area contributed by atoms with E-state index in [4.69, 9.17) is 5.11 Å². The van der Waals surface area contributed by atoms with Crippen LogP contribution in [0, 0.1) is 11.8 Å². The van der Waals surface area contributed by atoms with Crippen molar-refractivity contribution >= 4 is 5.97 Å². The number of allylic oxidation sites excluding steroid dienone is 2. The highest BCUT2D eigenvalue weighted by molar-refractivity contribution is 5.69. The van der Waals surface area contributed by atoms with E-state index in [-0.39, 0.29) is 5.92 Å². The molecule has 2 unspecified atom stereocenters. The summed E-state index contributed by atoms with van der Waals surface area (Å²) in [7, 11) is 0. The van der Waals surface area contributed by atoms with Gasteiger partial charge in [0.2, 0.25) is 0 Å². The van der Waals surface area contributed by atoms with E-state index in [1.54, 1.807) is 6.92 Å². The molecule has 0 rings (SSSR count). The van der Waals surface area contributed by atoms with Crippen molar-refractivity contribution in [3.63, 3.8) is 0 Å². The number of carboxylic acids is 1. The van der Waals surface area contributed by atoms with Crippen molar-refractivity contribution < 1.29 is 9.90 Å². The van der Waals surface area contributed by atoms with Crippen LogP contribution in [0.5, 0.6) is 0 Å². The van der Waals surface area contributed by atoms with Gasteiger partial charge in [-0.1, -0.05) is 45.8 Å². The lowest BCUT2D eigenvalue weighted by Crippen LogP contribution is -2.12. The molecule has 0 heterocycles. The SMILES string of the molecule is CCCCC/C=C\C(C)CC(C)C(=O)O.